The Morgan fingerprint density at radius 3 is 2.29 bits per heavy atom. The van der Waals surface area contributed by atoms with Crippen LogP contribution in [0.5, 0.6) is 0 Å². The normalized spacial score (nSPS) is 13.5. The van der Waals surface area contributed by atoms with Gasteiger partial charge in [0.25, 0.3) is 0 Å². The summed E-state index contributed by atoms with van der Waals surface area (Å²) in [5.41, 5.74) is 1.65. The van der Waals surface area contributed by atoms with E-state index in [1.165, 1.54) is 12.1 Å². The molecule has 6 heteroatoms. The first kappa shape index (κ1) is 18.3. The van der Waals surface area contributed by atoms with Crippen LogP contribution in [-0.4, -0.2) is 34.0 Å². The number of nitrogens with one attached hydrogen (secondary N) is 1. The van der Waals surface area contributed by atoms with Crippen LogP contribution in [0.25, 0.3) is 6.08 Å². The van der Waals surface area contributed by atoms with E-state index in [-0.39, 0.29) is 18.4 Å². The number of halogens is 1. The molecule has 0 aromatic heterocycles. The second-order valence-electron chi connectivity index (χ2n) is 5.64. The predicted molar refractivity (Wildman–Crippen MR) is 95.2 cm³/mol. The van der Waals surface area contributed by atoms with Crippen LogP contribution >= 0.6 is 0 Å². The monoisotopic (exact) mass is 348 g/mol. The van der Waals surface area contributed by atoms with E-state index in [4.69, 9.17) is 0 Å². The molecule has 2 aromatic carbocycles. The highest BCUT2D eigenvalue weighted by Gasteiger charge is 2.16. The van der Waals surface area contributed by atoms with Crippen molar-refractivity contribution >= 4 is 16.1 Å². The lowest BCUT2D eigenvalue weighted by molar-refractivity contribution is 0.299. The largest absolute Gasteiger partial charge is 0.301 e. The Morgan fingerprint density at radius 2 is 1.71 bits per heavy atom. The van der Waals surface area contributed by atoms with Crippen molar-refractivity contribution in [3.63, 3.8) is 0 Å². The Kier molecular flexibility index (Phi) is 6.25. The van der Waals surface area contributed by atoms with Gasteiger partial charge >= 0.3 is 0 Å². The zero-order valence-corrected chi connectivity index (χ0v) is 14.5. The minimum Gasteiger partial charge on any atom is -0.301 e. The molecule has 0 spiro atoms. The van der Waals surface area contributed by atoms with E-state index in [0.29, 0.717) is 0 Å². The summed E-state index contributed by atoms with van der Waals surface area (Å²) < 4.78 is 39.9. The first-order chi connectivity index (χ1) is 11.4. The van der Waals surface area contributed by atoms with E-state index >= 15 is 0 Å². The number of rotatable bonds is 7. The fourth-order valence-electron chi connectivity index (χ4n) is 2.26. The Bertz CT molecular complexity index is 772. The molecule has 1 N–H and O–H groups in total. The summed E-state index contributed by atoms with van der Waals surface area (Å²) in [6.45, 7) is 0.195. The lowest BCUT2D eigenvalue weighted by atomic mass is 10.1. The standard InChI is InChI=1S/C18H21FN2O2S/c1-21(2)18(16-8-10-17(19)11-9-16)14-20-24(22,23)13-12-15-6-4-3-5-7-15/h3-13,18,20H,14H2,1-2H3/b13-12+/t18-/m1/s1. The van der Waals surface area contributed by atoms with Crippen LogP contribution in [-0.2, 0) is 10.0 Å². The SMILES string of the molecule is CN(C)[C@H](CNS(=O)(=O)/C=C/c1ccccc1)c1ccc(F)cc1. The number of hydrogen-bond acceptors (Lipinski definition) is 3. The van der Waals surface area contributed by atoms with Gasteiger partial charge < -0.3 is 4.90 Å². The van der Waals surface area contributed by atoms with Crippen molar-refractivity contribution in [2.75, 3.05) is 20.6 Å². The van der Waals surface area contributed by atoms with Crippen molar-refractivity contribution in [2.24, 2.45) is 0 Å². The van der Waals surface area contributed by atoms with E-state index in [0.717, 1.165) is 16.5 Å². The number of likely N-dealkylation sites (N-methyl/N-ethyl adjacent to an activating group) is 1. The predicted octanol–water partition coefficient (Wildman–Crippen LogP) is 3.02. The zero-order chi connectivity index (χ0) is 17.6. The zero-order valence-electron chi connectivity index (χ0n) is 13.7. The summed E-state index contributed by atoms with van der Waals surface area (Å²) in [6, 6.07) is 15.1. The first-order valence-corrected chi connectivity index (χ1v) is 9.07. The first-order valence-electron chi connectivity index (χ1n) is 7.52. The van der Waals surface area contributed by atoms with Gasteiger partial charge in [0.05, 0.1) is 0 Å². The minimum absolute atomic E-state index is 0.189. The van der Waals surface area contributed by atoms with Gasteiger partial charge in [-0.2, -0.15) is 0 Å². The Hall–Kier alpha value is -2.02. The highest BCUT2D eigenvalue weighted by molar-refractivity contribution is 7.92. The lowest BCUT2D eigenvalue weighted by Gasteiger charge is -2.24. The Labute approximate surface area is 142 Å². The number of hydrogen-bond donors (Lipinski definition) is 1. The van der Waals surface area contributed by atoms with Gasteiger partial charge in [-0.25, -0.2) is 17.5 Å². The van der Waals surface area contributed by atoms with Gasteiger partial charge in [0.2, 0.25) is 10.0 Å². The smallest absolute Gasteiger partial charge is 0.233 e. The van der Waals surface area contributed by atoms with Gasteiger partial charge in [0.15, 0.2) is 0 Å². The summed E-state index contributed by atoms with van der Waals surface area (Å²) in [5, 5.41) is 1.15. The second kappa shape index (κ2) is 8.19. The molecule has 0 fully saturated rings. The molecule has 0 heterocycles. The molecule has 24 heavy (non-hydrogen) atoms. The average Bonchev–Trinajstić information content (AvgIpc) is 2.55. The van der Waals surface area contributed by atoms with Gasteiger partial charge in [-0.1, -0.05) is 42.5 Å². The number of benzene rings is 2. The molecule has 0 saturated carbocycles. The maximum Gasteiger partial charge on any atom is 0.233 e. The molecule has 1 atom stereocenters. The molecule has 0 amide bonds. The van der Waals surface area contributed by atoms with E-state index in [2.05, 4.69) is 4.72 Å². The molecule has 2 rings (SSSR count). The summed E-state index contributed by atoms with van der Waals surface area (Å²) in [7, 11) is 0.143. The van der Waals surface area contributed by atoms with E-state index in [9.17, 15) is 12.8 Å². The molecule has 4 nitrogen and oxygen atoms in total. The third-order valence-electron chi connectivity index (χ3n) is 3.60. The van der Waals surface area contributed by atoms with Crippen molar-refractivity contribution in [2.45, 2.75) is 6.04 Å². The molecule has 0 aliphatic heterocycles. The molecule has 0 unspecified atom stereocenters. The van der Waals surface area contributed by atoms with Gasteiger partial charge in [0, 0.05) is 18.0 Å². The van der Waals surface area contributed by atoms with Crippen LogP contribution in [0.15, 0.2) is 60.0 Å². The quantitative estimate of drug-likeness (QED) is 0.837. The van der Waals surface area contributed by atoms with E-state index in [1.807, 2.05) is 49.3 Å². The molecule has 0 bridgehead atoms. The van der Waals surface area contributed by atoms with E-state index < -0.39 is 10.0 Å². The summed E-state index contributed by atoms with van der Waals surface area (Å²) >= 11 is 0. The van der Waals surface area contributed by atoms with Gasteiger partial charge in [0.1, 0.15) is 5.82 Å². The second-order valence-corrected chi connectivity index (χ2v) is 7.29. The van der Waals surface area contributed by atoms with Gasteiger partial charge in [-0.3, -0.25) is 0 Å². The van der Waals surface area contributed by atoms with Gasteiger partial charge in [-0.05, 0) is 43.4 Å². The van der Waals surface area contributed by atoms with Crippen LogP contribution in [0.3, 0.4) is 0 Å². The molecule has 0 radical (unpaired) electrons. The van der Waals surface area contributed by atoms with Crippen molar-refractivity contribution < 1.29 is 12.8 Å². The van der Waals surface area contributed by atoms with Crippen LogP contribution < -0.4 is 4.72 Å². The van der Waals surface area contributed by atoms with Crippen LogP contribution in [0.4, 0.5) is 4.39 Å². The highest BCUT2D eigenvalue weighted by atomic mass is 32.2. The maximum absolute atomic E-state index is 13.1. The van der Waals surface area contributed by atoms with Crippen LogP contribution in [0.1, 0.15) is 17.2 Å². The summed E-state index contributed by atoms with van der Waals surface area (Å²) in [5.74, 6) is -0.317. The Balaban J connectivity index is 2.05. The minimum atomic E-state index is -3.56. The third-order valence-corrected chi connectivity index (χ3v) is 4.66. The molecule has 0 aliphatic rings. The molecular formula is C18H21FN2O2S. The van der Waals surface area contributed by atoms with Crippen molar-refractivity contribution in [1.82, 2.24) is 9.62 Å². The van der Waals surface area contributed by atoms with Gasteiger partial charge in [-0.15, -0.1) is 0 Å². The summed E-state index contributed by atoms with van der Waals surface area (Å²) in [6.07, 6.45) is 1.55. The molecule has 0 aliphatic carbocycles. The van der Waals surface area contributed by atoms with E-state index in [1.54, 1.807) is 18.2 Å². The molecule has 128 valence electrons. The average molecular weight is 348 g/mol. The van der Waals surface area contributed by atoms with Crippen LogP contribution in [0, 0.1) is 5.82 Å². The topological polar surface area (TPSA) is 49.4 Å². The fourth-order valence-corrected chi connectivity index (χ4v) is 3.08. The Morgan fingerprint density at radius 1 is 1.08 bits per heavy atom. The number of nitrogens with zero attached hydrogens (tertiary/aromatic N) is 1. The highest BCUT2D eigenvalue weighted by Crippen LogP contribution is 2.18. The van der Waals surface area contributed by atoms with Crippen molar-refractivity contribution in [3.8, 4) is 0 Å². The molecular weight excluding hydrogens is 327 g/mol. The summed E-state index contributed by atoms with van der Waals surface area (Å²) in [4.78, 5) is 1.89. The maximum atomic E-state index is 13.1. The molecule has 2 aromatic rings. The molecule has 0 saturated heterocycles. The van der Waals surface area contributed by atoms with Crippen LogP contribution in [0.2, 0.25) is 0 Å². The third kappa shape index (κ3) is 5.56. The number of sulfonamides is 1. The van der Waals surface area contributed by atoms with Crippen molar-refractivity contribution in [1.29, 1.82) is 0 Å². The van der Waals surface area contributed by atoms with Crippen molar-refractivity contribution in [3.05, 3.63) is 76.9 Å². The lowest BCUT2D eigenvalue weighted by Crippen LogP contribution is -2.33. The fraction of sp³-hybridized carbons (Fsp3) is 0.222.